The summed E-state index contributed by atoms with van der Waals surface area (Å²) in [4.78, 5) is 24.5. The normalized spacial score (nSPS) is 11.7. The lowest BCUT2D eigenvalue weighted by Crippen LogP contribution is -2.20. The zero-order chi connectivity index (χ0) is 24.1. The number of carboxylic acids is 1. The number of alkyl halides is 3. The standard InChI is InChI=1S/C23H13ClF4N2O3/c1-11-10-12(22(32)33)8-9-13(11)20-19-16(25)6-3-7-17(19)30(29-20)21(31)18-14(23(26,27)28)4-2-5-15(18)24/h2-10H,1H3,(H,32,33). The van der Waals surface area contributed by atoms with E-state index in [1.165, 1.54) is 30.3 Å². The summed E-state index contributed by atoms with van der Waals surface area (Å²) in [6, 6.07) is 10.7. The molecule has 168 valence electrons. The molecule has 5 nitrogen and oxygen atoms in total. The molecule has 4 rings (SSSR count). The first kappa shape index (κ1) is 22.5. The van der Waals surface area contributed by atoms with E-state index in [0.717, 1.165) is 24.3 Å². The zero-order valence-electron chi connectivity index (χ0n) is 16.7. The number of benzene rings is 3. The quantitative estimate of drug-likeness (QED) is 0.357. The van der Waals surface area contributed by atoms with E-state index < -0.39 is 40.0 Å². The fourth-order valence-corrected chi connectivity index (χ4v) is 3.87. The molecular formula is C23H13ClF4N2O3. The van der Waals surface area contributed by atoms with Crippen molar-refractivity contribution < 1.29 is 32.3 Å². The Morgan fingerprint density at radius 2 is 1.76 bits per heavy atom. The summed E-state index contributed by atoms with van der Waals surface area (Å²) in [5.74, 6) is -3.10. The Hall–Kier alpha value is -3.72. The van der Waals surface area contributed by atoms with Gasteiger partial charge in [-0.2, -0.15) is 23.0 Å². The fraction of sp³-hybridized carbons (Fsp3) is 0.0870. The molecule has 0 spiro atoms. The largest absolute Gasteiger partial charge is 0.478 e. The first-order valence-electron chi connectivity index (χ1n) is 9.42. The first-order chi connectivity index (χ1) is 15.5. The molecule has 1 N–H and O–H groups in total. The number of hydrogen-bond acceptors (Lipinski definition) is 3. The van der Waals surface area contributed by atoms with Gasteiger partial charge in [-0.3, -0.25) is 4.79 Å². The molecule has 4 aromatic rings. The summed E-state index contributed by atoms with van der Waals surface area (Å²) in [5, 5.41) is 12.8. The summed E-state index contributed by atoms with van der Waals surface area (Å²) >= 11 is 5.97. The Balaban J connectivity index is 1.99. The van der Waals surface area contributed by atoms with Crippen molar-refractivity contribution in [1.29, 1.82) is 0 Å². The number of nitrogens with zero attached hydrogens (tertiary/aromatic N) is 2. The lowest BCUT2D eigenvalue weighted by molar-refractivity contribution is -0.137. The third-order valence-electron chi connectivity index (χ3n) is 5.11. The average Bonchev–Trinajstić information content (AvgIpc) is 3.13. The van der Waals surface area contributed by atoms with Gasteiger partial charge in [-0.25, -0.2) is 9.18 Å². The molecule has 0 saturated carbocycles. The number of carbonyl (C=O) groups excluding carboxylic acids is 1. The van der Waals surface area contributed by atoms with Gasteiger partial charge in [0.15, 0.2) is 0 Å². The number of fused-ring (bicyclic) bond motifs is 1. The van der Waals surface area contributed by atoms with Gasteiger partial charge in [-0.05, 0) is 48.9 Å². The van der Waals surface area contributed by atoms with Crippen molar-refractivity contribution in [3.8, 4) is 11.3 Å². The lowest BCUT2D eigenvalue weighted by Gasteiger charge is -2.13. The number of aromatic carboxylic acids is 1. The van der Waals surface area contributed by atoms with Crippen LogP contribution in [0.1, 0.15) is 31.8 Å². The molecule has 1 aromatic heterocycles. The van der Waals surface area contributed by atoms with Crippen LogP contribution in [0.15, 0.2) is 54.6 Å². The SMILES string of the molecule is Cc1cc(C(=O)O)ccc1-c1nn(C(=O)c2c(Cl)cccc2C(F)(F)F)c2cccc(F)c12. The van der Waals surface area contributed by atoms with Crippen molar-refractivity contribution in [2.75, 3.05) is 0 Å². The van der Waals surface area contributed by atoms with Gasteiger partial charge in [0, 0.05) is 5.56 Å². The molecule has 33 heavy (non-hydrogen) atoms. The van der Waals surface area contributed by atoms with Crippen LogP contribution in [0, 0.1) is 12.7 Å². The molecular weight excluding hydrogens is 464 g/mol. The van der Waals surface area contributed by atoms with Crippen LogP contribution in [-0.4, -0.2) is 26.8 Å². The smallest absolute Gasteiger partial charge is 0.417 e. The van der Waals surface area contributed by atoms with Crippen LogP contribution in [0.2, 0.25) is 5.02 Å². The molecule has 0 aliphatic heterocycles. The summed E-state index contributed by atoms with van der Waals surface area (Å²) < 4.78 is 56.2. The van der Waals surface area contributed by atoms with Crippen LogP contribution in [0.3, 0.4) is 0 Å². The molecule has 0 fully saturated rings. The third-order valence-corrected chi connectivity index (χ3v) is 5.43. The zero-order valence-corrected chi connectivity index (χ0v) is 17.5. The van der Waals surface area contributed by atoms with Gasteiger partial charge in [0.2, 0.25) is 0 Å². The highest BCUT2D eigenvalue weighted by Gasteiger charge is 2.37. The highest BCUT2D eigenvalue weighted by Crippen LogP contribution is 2.37. The molecule has 3 aromatic carbocycles. The molecule has 10 heteroatoms. The molecule has 1 heterocycles. The van der Waals surface area contributed by atoms with Gasteiger partial charge in [-0.1, -0.05) is 29.8 Å². The maximum Gasteiger partial charge on any atom is 0.417 e. The van der Waals surface area contributed by atoms with E-state index in [-0.39, 0.29) is 22.2 Å². The fourth-order valence-electron chi connectivity index (χ4n) is 3.62. The topological polar surface area (TPSA) is 72.2 Å². The van der Waals surface area contributed by atoms with Crippen molar-refractivity contribution in [3.63, 3.8) is 0 Å². The van der Waals surface area contributed by atoms with Gasteiger partial charge < -0.3 is 5.11 Å². The number of rotatable bonds is 3. The number of hydrogen-bond donors (Lipinski definition) is 1. The predicted octanol–water partition coefficient (Wildman–Crippen LogP) is 6.21. The van der Waals surface area contributed by atoms with Crippen molar-refractivity contribution in [2.24, 2.45) is 0 Å². The Morgan fingerprint density at radius 1 is 1.06 bits per heavy atom. The number of carboxylic acid groups (broad SMARTS) is 1. The Labute approximate surface area is 188 Å². The van der Waals surface area contributed by atoms with E-state index in [1.54, 1.807) is 6.92 Å². The van der Waals surface area contributed by atoms with Gasteiger partial charge in [-0.15, -0.1) is 0 Å². The van der Waals surface area contributed by atoms with Crippen molar-refractivity contribution >= 4 is 34.4 Å². The van der Waals surface area contributed by atoms with Crippen molar-refractivity contribution in [1.82, 2.24) is 9.78 Å². The minimum Gasteiger partial charge on any atom is -0.478 e. The maximum absolute atomic E-state index is 14.8. The molecule has 0 aliphatic rings. The van der Waals surface area contributed by atoms with E-state index in [1.807, 2.05) is 0 Å². The molecule has 0 saturated heterocycles. The van der Waals surface area contributed by atoms with Crippen molar-refractivity contribution in [2.45, 2.75) is 13.1 Å². The van der Waals surface area contributed by atoms with Gasteiger partial charge in [0.25, 0.3) is 5.91 Å². The molecule has 0 bridgehead atoms. The Morgan fingerprint density at radius 3 is 2.39 bits per heavy atom. The van der Waals surface area contributed by atoms with Gasteiger partial charge >= 0.3 is 12.1 Å². The molecule has 0 atom stereocenters. The second-order valence-corrected chi connectivity index (χ2v) is 7.60. The Kier molecular flexibility index (Phi) is 5.45. The summed E-state index contributed by atoms with van der Waals surface area (Å²) in [6.07, 6.45) is -4.86. The van der Waals surface area contributed by atoms with Crippen LogP contribution >= 0.6 is 11.6 Å². The highest BCUT2D eigenvalue weighted by molar-refractivity contribution is 6.34. The summed E-state index contributed by atoms with van der Waals surface area (Å²) in [5.41, 5.74) is -1.42. The number of halogens is 5. The second kappa shape index (κ2) is 8.00. The van der Waals surface area contributed by atoms with E-state index >= 15 is 0 Å². The summed E-state index contributed by atoms with van der Waals surface area (Å²) in [6.45, 7) is 1.57. The average molecular weight is 477 g/mol. The number of carbonyl (C=O) groups is 2. The van der Waals surface area contributed by atoms with E-state index in [9.17, 15) is 32.3 Å². The second-order valence-electron chi connectivity index (χ2n) is 7.19. The van der Waals surface area contributed by atoms with Crippen molar-refractivity contribution in [3.05, 3.63) is 87.7 Å². The molecule has 0 radical (unpaired) electrons. The minimum absolute atomic E-state index is 0.0116. The van der Waals surface area contributed by atoms with E-state index in [4.69, 9.17) is 11.6 Å². The van der Waals surface area contributed by atoms with E-state index in [0.29, 0.717) is 15.8 Å². The number of aromatic nitrogens is 2. The monoisotopic (exact) mass is 476 g/mol. The first-order valence-corrected chi connectivity index (χ1v) is 9.80. The van der Waals surface area contributed by atoms with E-state index in [2.05, 4.69) is 5.10 Å². The van der Waals surface area contributed by atoms with Gasteiger partial charge in [0.05, 0.1) is 32.6 Å². The van der Waals surface area contributed by atoms with Gasteiger partial charge in [0.1, 0.15) is 11.5 Å². The molecule has 0 amide bonds. The number of aryl methyl sites for hydroxylation is 1. The molecule has 0 aliphatic carbocycles. The summed E-state index contributed by atoms with van der Waals surface area (Å²) in [7, 11) is 0. The highest BCUT2D eigenvalue weighted by atomic mass is 35.5. The Bertz CT molecular complexity index is 1440. The van der Waals surface area contributed by atoms with Crippen LogP contribution < -0.4 is 0 Å². The van der Waals surface area contributed by atoms with Crippen LogP contribution in [-0.2, 0) is 6.18 Å². The minimum atomic E-state index is -4.86. The van der Waals surface area contributed by atoms with Crippen LogP contribution in [0.4, 0.5) is 17.6 Å². The van der Waals surface area contributed by atoms with Crippen LogP contribution in [0.5, 0.6) is 0 Å². The molecule has 0 unspecified atom stereocenters. The van der Waals surface area contributed by atoms with Crippen LogP contribution in [0.25, 0.3) is 22.2 Å². The third kappa shape index (κ3) is 3.84. The predicted molar refractivity (Wildman–Crippen MR) is 113 cm³/mol. The lowest BCUT2D eigenvalue weighted by atomic mass is 10.00. The maximum atomic E-state index is 14.8.